The Balaban J connectivity index is 1.68. The Hall–Kier alpha value is -2.30. The Bertz CT molecular complexity index is 743. The molecule has 1 N–H and O–H groups in total. The van der Waals surface area contributed by atoms with Crippen LogP contribution in [0.1, 0.15) is 11.1 Å². The molecule has 2 aromatic carbocycles. The quantitative estimate of drug-likeness (QED) is 0.833. The van der Waals surface area contributed by atoms with Crippen molar-refractivity contribution in [2.75, 3.05) is 25.0 Å². The van der Waals surface area contributed by atoms with Gasteiger partial charge in [0.1, 0.15) is 6.10 Å². The summed E-state index contributed by atoms with van der Waals surface area (Å²) in [6, 6.07) is 15.5. The van der Waals surface area contributed by atoms with E-state index < -0.39 is 0 Å². The van der Waals surface area contributed by atoms with Gasteiger partial charge in [-0.1, -0.05) is 48.0 Å². The maximum atomic E-state index is 11.9. The summed E-state index contributed by atoms with van der Waals surface area (Å²) < 4.78 is 5.31. The lowest BCUT2D eigenvalue weighted by Gasteiger charge is -2.13. The number of ether oxygens (including phenoxy) is 1. The number of likely N-dealkylation sites (N-methyl/N-ethyl adjacent to an activating group) is 1. The van der Waals surface area contributed by atoms with Gasteiger partial charge in [0.15, 0.2) is 0 Å². The first kappa shape index (κ1) is 16.6. The summed E-state index contributed by atoms with van der Waals surface area (Å²) in [6.07, 6.45) is 3.62. The minimum atomic E-state index is -0.294. The number of hydrogen-bond donors (Lipinski definition) is 1. The van der Waals surface area contributed by atoms with E-state index >= 15 is 0 Å². The van der Waals surface area contributed by atoms with Crippen molar-refractivity contribution in [3.63, 3.8) is 0 Å². The number of hydrogen-bond acceptors (Lipinski definition) is 3. The van der Waals surface area contributed by atoms with Crippen LogP contribution >= 0.6 is 11.6 Å². The maximum Gasteiger partial charge on any atom is 0.414 e. The Morgan fingerprint density at radius 2 is 1.96 bits per heavy atom. The van der Waals surface area contributed by atoms with Crippen LogP contribution in [0, 0.1) is 0 Å². The molecule has 0 saturated carbocycles. The molecule has 1 heterocycles. The van der Waals surface area contributed by atoms with Crippen molar-refractivity contribution in [3.05, 3.63) is 64.7 Å². The molecule has 24 heavy (non-hydrogen) atoms. The number of rotatable bonds is 5. The van der Waals surface area contributed by atoms with Crippen LogP contribution in [-0.4, -0.2) is 32.3 Å². The maximum absolute atomic E-state index is 11.9. The predicted octanol–water partition coefficient (Wildman–Crippen LogP) is 4.06. The molecule has 5 heteroatoms. The lowest BCUT2D eigenvalue weighted by atomic mass is 10.1. The van der Waals surface area contributed by atoms with Crippen molar-refractivity contribution < 1.29 is 9.53 Å². The summed E-state index contributed by atoms with van der Waals surface area (Å²) in [5, 5.41) is 3.74. The number of nitrogens with one attached hydrogen (secondary N) is 1. The third kappa shape index (κ3) is 3.96. The molecule has 3 rings (SSSR count). The van der Waals surface area contributed by atoms with Crippen molar-refractivity contribution in [3.8, 4) is 0 Å². The third-order valence-corrected chi connectivity index (χ3v) is 4.06. The van der Waals surface area contributed by atoms with E-state index in [4.69, 9.17) is 16.3 Å². The smallest absolute Gasteiger partial charge is 0.414 e. The Morgan fingerprint density at radius 1 is 1.21 bits per heavy atom. The minimum Gasteiger partial charge on any atom is -0.443 e. The van der Waals surface area contributed by atoms with Crippen LogP contribution in [0.25, 0.3) is 12.2 Å². The Morgan fingerprint density at radius 3 is 2.67 bits per heavy atom. The van der Waals surface area contributed by atoms with Gasteiger partial charge in [-0.05, 0) is 42.4 Å². The minimum absolute atomic E-state index is 0.107. The molecule has 0 aromatic heterocycles. The van der Waals surface area contributed by atoms with Crippen LogP contribution in [0.4, 0.5) is 10.5 Å². The van der Waals surface area contributed by atoms with Gasteiger partial charge < -0.3 is 10.1 Å². The zero-order valence-corrected chi connectivity index (χ0v) is 14.2. The number of nitrogens with zero attached hydrogens (tertiary/aromatic N) is 1. The molecule has 0 radical (unpaired) electrons. The first-order chi connectivity index (χ1) is 11.7. The highest BCUT2D eigenvalue weighted by atomic mass is 35.5. The fourth-order valence-electron chi connectivity index (χ4n) is 2.63. The number of cyclic esters (lactones) is 1. The van der Waals surface area contributed by atoms with E-state index in [0.29, 0.717) is 13.1 Å². The van der Waals surface area contributed by atoms with E-state index in [9.17, 15) is 4.79 Å². The first-order valence-corrected chi connectivity index (χ1v) is 8.20. The molecule has 0 bridgehead atoms. The number of halogens is 1. The second-order valence-corrected chi connectivity index (χ2v) is 6.09. The molecule has 1 aliphatic rings. The summed E-state index contributed by atoms with van der Waals surface area (Å²) in [5.74, 6) is 0. The second-order valence-electron chi connectivity index (χ2n) is 5.65. The summed E-state index contributed by atoms with van der Waals surface area (Å²) in [5.41, 5.74) is 2.95. The number of carbonyl (C=O) groups is 1. The normalized spacial score (nSPS) is 17.5. The molecular formula is C19H19ClN2O2. The topological polar surface area (TPSA) is 41.6 Å². The lowest BCUT2D eigenvalue weighted by molar-refractivity contribution is 0.141. The van der Waals surface area contributed by atoms with Crippen LogP contribution in [-0.2, 0) is 4.74 Å². The van der Waals surface area contributed by atoms with Crippen molar-refractivity contribution in [1.82, 2.24) is 5.32 Å². The Kier molecular flexibility index (Phi) is 5.18. The van der Waals surface area contributed by atoms with Gasteiger partial charge in [0.25, 0.3) is 0 Å². The van der Waals surface area contributed by atoms with E-state index in [0.717, 1.165) is 21.8 Å². The molecular weight excluding hydrogens is 324 g/mol. The van der Waals surface area contributed by atoms with Crippen molar-refractivity contribution in [2.45, 2.75) is 6.10 Å². The third-order valence-electron chi connectivity index (χ3n) is 3.83. The van der Waals surface area contributed by atoms with Gasteiger partial charge in [-0.25, -0.2) is 4.79 Å². The van der Waals surface area contributed by atoms with E-state index in [2.05, 4.69) is 5.32 Å². The number of benzene rings is 2. The highest BCUT2D eigenvalue weighted by Gasteiger charge is 2.31. The van der Waals surface area contributed by atoms with E-state index in [1.807, 2.05) is 67.7 Å². The van der Waals surface area contributed by atoms with Crippen molar-refractivity contribution in [1.29, 1.82) is 0 Å². The standard InChI is InChI=1S/C19H19ClN2O2/c1-21-12-18-13-22(19(23)24-18)17-9-7-14(8-10-17)5-6-15-3-2-4-16(20)11-15/h2-11,18,21H,12-13H2,1H3. The van der Waals surface area contributed by atoms with Gasteiger partial charge >= 0.3 is 6.09 Å². The summed E-state index contributed by atoms with van der Waals surface area (Å²) >= 11 is 5.98. The molecule has 0 aliphatic carbocycles. The van der Waals surface area contributed by atoms with Gasteiger partial charge in [0.2, 0.25) is 0 Å². The van der Waals surface area contributed by atoms with E-state index in [1.165, 1.54) is 0 Å². The van der Waals surface area contributed by atoms with Gasteiger partial charge in [-0.15, -0.1) is 0 Å². The zero-order chi connectivity index (χ0) is 16.9. The number of anilines is 1. The monoisotopic (exact) mass is 342 g/mol. The first-order valence-electron chi connectivity index (χ1n) is 7.82. The fourth-order valence-corrected chi connectivity index (χ4v) is 2.83. The average Bonchev–Trinajstić information content (AvgIpc) is 2.94. The summed E-state index contributed by atoms with van der Waals surface area (Å²) in [4.78, 5) is 13.6. The SMILES string of the molecule is CNCC1CN(c2ccc(C=Cc3cccc(Cl)c3)cc2)C(=O)O1. The van der Waals surface area contributed by atoms with Crippen LogP contribution in [0.5, 0.6) is 0 Å². The fraction of sp³-hybridized carbons (Fsp3) is 0.211. The number of amides is 1. The molecule has 4 nitrogen and oxygen atoms in total. The van der Waals surface area contributed by atoms with Crippen LogP contribution < -0.4 is 10.2 Å². The molecule has 1 unspecified atom stereocenters. The average molecular weight is 343 g/mol. The highest BCUT2D eigenvalue weighted by Crippen LogP contribution is 2.22. The molecule has 2 aromatic rings. The van der Waals surface area contributed by atoms with Crippen molar-refractivity contribution >= 4 is 35.5 Å². The molecule has 1 amide bonds. The van der Waals surface area contributed by atoms with Gasteiger partial charge in [0, 0.05) is 17.3 Å². The lowest BCUT2D eigenvalue weighted by Crippen LogP contribution is -2.28. The van der Waals surface area contributed by atoms with E-state index in [1.54, 1.807) is 4.90 Å². The predicted molar refractivity (Wildman–Crippen MR) is 98.4 cm³/mol. The zero-order valence-electron chi connectivity index (χ0n) is 13.4. The van der Waals surface area contributed by atoms with Gasteiger partial charge in [-0.2, -0.15) is 0 Å². The molecule has 1 atom stereocenters. The van der Waals surface area contributed by atoms with Crippen LogP contribution in [0.15, 0.2) is 48.5 Å². The van der Waals surface area contributed by atoms with Crippen molar-refractivity contribution in [2.24, 2.45) is 0 Å². The van der Waals surface area contributed by atoms with Gasteiger partial charge in [0.05, 0.1) is 6.54 Å². The molecule has 1 fully saturated rings. The summed E-state index contributed by atoms with van der Waals surface area (Å²) in [6.45, 7) is 1.22. The number of carbonyl (C=O) groups excluding carboxylic acids is 1. The summed E-state index contributed by atoms with van der Waals surface area (Å²) in [7, 11) is 1.84. The van der Waals surface area contributed by atoms with E-state index in [-0.39, 0.29) is 12.2 Å². The second kappa shape index (κ2) is 7.51. The largest absolute Gasteiger partial charge is 0.443 e. The van der Waals surface area contributed by atoms with Crippen LogP contribution in [0.2, 0.25) is 5.02 Å². The molecule has 0 spiro atoms. The molecule has 1 aliphatic heterocycles. The molecule has 1 saturated heterocycles. The van der Waals surface area contributed by atoms with Crippen LogP contribution in [0.3, 0.4) is 0 Å². The molecule has 124 valence electrons. The highest BCUT2D eigenvalue weighted by molar-refractivity contribution is 6.30. The Labute approximate surface area is 146 Å². The van der Waals surface area contributed by atoms with Gasteiger partial charge in [-0.3, -0.25) is 4.90 Å².